The van der Waals surface area contributed by atoms with Crippen molar-refractivity contribution < 1.29 is 9.90 Å². The van der Waals surface area contributed by atoms with Crippen molar-refractivity contribution in [3.05, 3.63) is 23.5 Å². The van der Waals surface area contributed by atoms with Crippen molar-refractivity contribution in [1.82, 2.24) is 9.88 Å². The van der Waals surface area contributed by atoms with Gasteiger partial charge in [-0.1, -0.05) is 6.92 Å². The Labute approximate surface area is 127 Å². The van der Waals surface area contributed by atoms with E-state index < -0.39 is 0 Å². The fourth-order valence-corrected chi connectivity index (χ4v) is 2.13. The highest BCUT2D eigenvalue weighted by molar-refractivity contribution is 5.99. The van der Waals surface area contributed by atoms with E-state index in [-0.39, 0.29) is 18.6 Å². The van der Waals surface area contributed by atoms with E-state index >= 15 is 0 Å². The fourth-order valence-electron chi connectivity index (χ4n) is 2.13. The Kier molecular flexibility index (Phi) is 7.15. The molecule has 5 heteroatoms. The van der Waals surface area contributed by atoms with Crippen LogP contribution >= 0.6 is 0 Å². The van der Waals surface area contributed by atoms with Crippen LogP contribution in [0.3, 0.4) is 0 Å². The van der Waals surface area contributed by atoms with Gasteiger partial charge in [0.25, 0.3) is 5.91 Å². The largest absolute Gasteiger partial charge is 0.396 e. The molecule has 21 heavy (non-hydrogen) atoms. The van der Waals surface area contributed by atoms with Crippen LogP contribution in [0.2, 0.25) is 0 Å². The fraction of sp³-hybridized carbons (Fsp3) is 0.625. The van der Waals surface area contributed by atoms with Gasteiger partial charge < -0.3 is 15.3 Å². The zero-order chi connectivity index (χ0) is 15.8. The van der Waals surface area contributed by atoms with Gasteiger partial charge in [0, 0.05) is 37.6 Å². The SMILES string of the molecule is CCCNc1cc(C)ncc1C(=O)N(CCCO)C(C)C. The standard InChI is InChI=1S/C16H27N3O2/c1-5-7-17-15-10-13(4)18-11-14(15)16(21)19(12(2)3)8-6-9-20/h10-12,20H,5-9H2,1-4H3,(H,17,18). The monoisotopic (exact) mass is 293 g/mol. The van der Waals surface area contributed by atoms with Crippen LogP contribution in [0.5, 0.6) is 0 Å². The number of aryl methyl sites for hydroxylation is 1. The Morgan fingerprint density at radius 3 is 2.76 bits per heavy atom. The summed E-state index contributed by atoms with van der Waals surface area (Å²) in [5, 5.41) is 12.3. The summed E-state index contributed by atoms with van der Waals surface area (Å²) in [6, 6.07) is 2.00. The molecule has 1 aromatic heterocycles. The number of rotatable bonds is 8. The second-order valence-corrected chi connectivity index (χ2v) is 5.47. The Morgan fingerprint density at radius 2 is 2.19 bits per heavy atom. The van der Waals surface area contributed by atoms with Gasteiger partial charge in [-0.3, -0.25) is 9.78 Å². The molecule has 1 heterocycles. The maximum Gasteiger partial charge on any atom is 0.257 e. The molecule has 1 rings (SSSR count). The van der Waals surface area contributed by atoms with Gasteiger partial charge in [0.15, 0.2) is 0 Å². The predicted octanol–water partition coefficient (Wildman–Crippen LogP) is 2.44. The average molecular weight is 293 g/mol. The van der Waals surface area contributed by atoms with Crippen LogP contribution in [0, 0.1) is 6.92 Å². The number of aliphatic hydroxyl groups excluding tert-OH is 1. The highest BCUT2D eigenvalue weighted by atomic mass is 16.3. The molecule has 2 N–H and O–H groups in total. The van der Waals surface area contributed by atoms with Gasteiger partial charge in [-0.25, -0.2) is 0 Å². The molecule has 118 valence electrons. The van der Waals surface area contributed by atoms with Crippen molar-refractivity contribution in [1.29, 1.82) is 0 Å². The van der Waals surface area contributed by atoms with E-state index in [1.54, 1.807) is 11.1 Å². The lowest BCUT2D eigenvalue weighted by molar-refractivity contribution is 0.0693. The first-order chi connectivity index (χ1) is 10.0. The van der Waals surface area contributed by atoms with Crippen LogP contribution in [0.1, 0.15) is 49.7 Å². The number of carbonyl (C=O) groups excluding carboxylic acids is 1. The van der Waals surface area contributed by atoms with Gasteiger partial charge in [-0.2, -0.15) is 0 Å². The molecule has 0 spiro atoms. The van der Waals surface area contributed by atoms with Gasteiger partial charge in [0.2, 0.25) is 0 Å². The van der Waals surface area contributed by atoms with E-state index in [0.29, 0.717) is 18.5 Å². The lowest BCUT2D eigenvalue weighted by Gasteiger charge is -2.27. The van der Waals surface area contributed by atoms with E-state index in [4.69, 9.17) is 5.11 Å². The number of aromatic nitrogens is 1. The molecule has 1 amide bonds. The summed E-state index contributed by atoms with van der Waals surface area (Å²) in [4.78, 5) is 18.8. The van der Waals surface area contributed by atoms with Crippen molar-refractivity contribution in [3.8, 4) is 0 Å². The molecule has 0 unspecified atom stereocenters. The van der Waals surface area contributed by atoms with Gasteiger partial charge in [-0.15, -0.1) is 0 Å². The lowest BCUT2D eigenvalue weighted by Crippen LogP contribution is -2.38. The second kappa shape index (κ2) is 8.62. The molecule has 0 aliphatic carbocycles. The first kappa shape index (κ1) is 17.4. The van der Waals surface area contributed by atoms with E-state index in [2.05, 4.69) is 17.2 Å². The Balaban J connectivity index is 3.02. The summed E-state index contributed by atoms with van der Waals surface area (Å²) >= 11 is 0. The zero-order valence-corrected chi connectivity index (χ0v) is 13.5. The minimum absolute atomic E-state index is 0.0375. The summed E-state index contributed by atoms with van der Waals surface area (Å²) in [6.07, 6.45) is 3.22. The minimum Gasteiger partial charge on any atom is -0.396 e. The van der Waals surface area contributed by atoms with Crippen LogP contribution in [-0.4, -0.2) is 46.6 Å². The van der Waals surface area contributed by atoms with Crippen molar-refractivity contribution in [2.24, 2.45) is 0 Å². The highest BCUT2D eigenvalue weighted by Gasteiger charge is 2.21. The number of amides is 1. The number of pyridine rings is 1. The zero-order valence-electron chi connectivity index (χ0n) is 13.5. The van der Waals surface area contributed by atoms with Crippen molar-refractivity contribution in [3.63, 3.8) is 0 Å². The molecule has 0 saturated carbocycles. The number of carbonyl (C=O) groups is 1. The number of hydrogen-bond donors (Lipinski definition) is 2. The maximum atomic E-state index is 12.8. The summed E-state index contributed by atoms with van der Waals surface area (Å²) in [5.41, 5.74) is 2.32. The van der Waals surface area contributed by atoms with Crippen molar-refractivity contribution in [2.45, 2.75) is 46.6 Å². The van der Waals surface area contributed by atoms with E-state index in [0.717, 1.165) is 24.3 Å². The van der Waals surface area contributed by atoms with E-state index in [9.17, 15) is 4.79 Å². The highest BCUT2D eigenvalue weighted by Crippen LogP contribution is 2.19. The third kappa shape index (κ3) is 5.01. The quantitative estimate of drug-likeness (QED) is 0.772. The van der Waals surface area contributed by atoms with Crippen LogP contribution < -0.4 is 5.32 Å². The third-order valence-corrected chi connectivity index (χ3v) is 3.28. The second-order valence-electron chi connectivity index (χ2n) is 5.47. The Morgan fingerprint density at radius 1 is 1.48 bits per heavy atom. The summed E-state index contributed by atoms with van der Waals surface area (Å²) in [5.74, 6) is -0.0375. The summed E-state index contributed by atoms with van der Waals surface area (Å²) in [6.45, 7) is 9.42. The molecule has 0 atom stereocenters. The molecular formula is C16H27N3O2. The molecule has 0 fully saturated rings. The molecule has 0 aromatic carbocycles. The topological polar surface area (TPSA) is 65.5 Å². The lowest BCUT2D eigenvalue weighted by atomic mass is 10.1. The number of hydrogen-bond acceptors (Lipinski definition) is 4. The maximum absolute atomic E-state index is 12.8. The van der Waals surface area contributed by atoms with Crippen LogP contribution in [0.15, 0.2) is 12.3 Å². The average Bonchev–Trinajstić information content (AvgIpc) is 2.45. The molecule has 0 aliphatic heterocycles. The summed E-state index contributed by atoms with van der Waals surface area (Å²) in [7, 11) is 0. The molecule has 0 saturated heterocycles. The smallest absolute Gasteiger partial charge is 0.257 e. The number of aliphatic hydroxyl groups is 1. The van der Waals surface area contributed by atoms with Crippen LogP contribution in [0.4, 0.5) is 5.69 Å². The molecule has 0 aliphatic rings. The van der Waals surface area contributed by atoms with Gasteiger partial charge in [-0.05, 0) is 39.7 Å². The third-order valence-electron chi connectivity index (χ3n) is 3.28. The Bertz CT molecular complexity index is 461. The van der Waals surface area contributed by atoms with Gasteiger partial charge in [0.05, 0.1) is 11.3 Å². The van der Waals surface area contributed by atoms with E-state index in [1.807, 2.05) is 26.8 Å². The molecule has 0 radical (unpaired) electrons. The predicted molar refractivity (Wildman–Crippen MR) is 85.6 cm³/mol. The van der Waals surface area contributed by atoms with Crippen molar-refractivity contribution >= 4 is 11.6 Å². The van der Waals surface area contributed by atoms with Gasteiger partial charge >= 0.3 is 0 Å². The van der Waals surface area contributed by atoms with Crippen LogP contribution in [-0.2, 0) is 0 Å². The van der Waals surface area contributed by atoms with Crippen molar-refractivity contribution in [2.75, 3.05) is 25.0 Å². The summed E-state index contributed by atoms with van der Waals surface area (Å²) < 4.78 is 0. The van der Waals surface area contributed by atoms with E-state index in [1.165, 1.54) is 0 Å². The Hall–Kier alpha value is -1.62. The van der Waals surface area contributed by atoms with Gasteiger partial charge in [0.1, 0.15) is 0 Å². The molecule has 1 aromatic rings. The number of nitrogens with zero attached hydrogens (tertiary/aromatic N) is 2. The first-order valence-electron chi connectivity index (χ1n) is 7.63. The number of nitrogens with one attached hydrogen (secondary N) is 1. The molecule has 5 nitrogen and oxygen atoms in total. The minimum atomic E-state index is -0.0375. The molecular weight excluding hydrogens is 266 g/mol. The molecule has 0 bridgehead atoms. The first-order valence-corrected chi connectivity index (χ1v) is 7.63. The number of anilines is 1. The normalized spacial score (nSPS) is 10.8. The van der Waals surface area contributed by atoms with Crippen LogP contribution in [0.25, 0.3) is 0 Å².